The molecule has 3 aromatic rings. The summed E-state index contributed by atoms with van der Waals surface area (Å²) >= 11 is 1.55. The highest BCUT2D eigenvalue weighted by atomic mass is 32.2. The van der Waals surface area contributed by atoms with E-state index in [1.54, 1.807) is 42.1 Å². The van der Waals surface area contributed by atoms with Gasteiger partial charge < -0.3 is 10.3 Å². The Bertz CT molecular complexity index is 1110. The molecule has 0 saturated heterocycles. The molecule has 0 radical (unpaired) electrons. The molecule has 32 heavy (non-hydrogen) atoms. The van der Waals surface area contributed by atoms with Gasteiger partial charge in [-0.3, -0.25) is 9.69 Å². The van der Waals surface area contributed by atoms with Crippen LogP contribution in [0.2, 0.25) is 0 Å². The number of carbonyl (C=O) groups excluding carboxylic acids is 1. The largest absolute Gasteiger partial charge is 0.472 e. The molecule has 1 amide bonds. The molecule has 0 spiro atoms. The molecule has 0 aliphatic rings. The third-order valence-electron chi connectivity index (χ3n) is 4.68. The zero-order valence-electron chi connectivity index (χ0n) is 17.9. The summed E-state index contributed by atoms with van der Waals surface area (Å²) in [6.07, 6.45) is -2.17. The lowest BCUT2D eigenvalue weighted by Crippen LogP contribution is -2.38. The van der Waals surface area contributed by atoms with Crippen LogP contribution in [0.1, 0.15) is 20.3 Å². The summed E-state index contributed by atoms with van der Waals surface area (Å²) in [6.45, 7) is 5.04. The van der Waals surface area contributed by atoms with E-state index in [1.807, 2.05) is 24.5 Å². The van der Waals surface area contributed by atoms with Crippen LogP contribution in [0.25, 0.3) is 11.0 Å². The first-order valence-corrected chi connectivity index (χ1v) is 11.1. The Labute approximate surface area is 189 Å². The topological polar surface area (TPSA) is 64.2 Å². The number of anilines is 2. The number of benzene rings is 2. The fourth-order valence-corrected chi connectivity index (χ4v) is 4.11. The molecule has 0 unspecified atom stereocenters. The second-order valence-corrected chi connectivity index (χ2v) is 8.49. The van der Waals surface area contributed by atoms with Crippen LogP contribution >= 0.6 is 11.8 Å². The van der Waals surface area contributed by atoms with E-state index < -0.39 is 12.1 Å². The fraction of sp³-hybridized carbons (Fsp3) is 0.304. The molecule has 2 N–H and O–H groups in total. The predicted molar refractivity (Wildman–Crippen MR) is 123 cm³/mol. The lowest BCUT2D eigenvalue weighted by atomic mass is 10.2. The number of carbonyl (C=O) groups is 1. The average molecular weight is 463 g/mol. The number of thioether (sulfide) groups is 1. The summed E-state index contributed by atoms with van der Waals surface area (Å²) in [5.41, 5.74) is 8.29. The molecule has 0 aliphatic carbocycles. The molecular weight excluding hydrogens is 437 g/mol. The second kappa shape index (κ2) is 10.2. The normalized spacial score (nSPS) is 11.6. The molecule has 0 atom stereocenters. The van der Waals surface area contributed by atoms with Crippen molar-refractivity contribution in [1.29, 1.82) is 0 Å². The van der Waals surface area contributed by atoms with Crippen molar-refractivity contribution in [2.75, 3.05) is 17.2 Å². The van der Waals surface area contributed by atoms with E-state index in [1.165, 1.54) is 18.2 Å². The highest BCUT2D eigenvalue weighted by Crippen LogP contribution is 2.34. The van der Waals surface area contributed by atoms with E-state index in [9.17, 15) is 18.0 Å². The Morgan fingerprint density at radius 2 is 1.88 bits per heavy atom. The van der Waals surface area contributed by atoms with Crippen molar-refractivity contribution in [2.45, 2.75) is 38.1 Å². The molecule has 5 nitrogen and oxygen atoms in total. The van der Waals surface area contributed by atoms with Gasteiger partial charge in [0.2, 0.25) is 0 Å². The number of amides is 1. The van der Waals surface area contributed by atoms with Crippen molar-refractivity contribution in [3.63, 3.8) is 0 Å². The minimum absolute atomic E-state index is 0.128. The van der Waals surface area contributed by atoms with Gasteiger partial charge in [0.25, 0.3) is 0 Å². The number of nitrogens with zero attached hydrogens (tertiary/aromatic N) is 3. The van der Waals surface area contributed by atoms with Crippen LogP contribution in [0.4, 0.5) is 24.5 Å². The molecule has 0 fully saturated rings. The standard InChI is InChI=1S/C23H25F3N4OS/c1-16(2)11-13-29-20-15-18(9-10-19(20)28-22(29)32-14-6-12-27)30(21(31)23(24,25)26)17-7-4-3-5-8-17/h3-5,7-11,15H,6,12-14,27H2,1-2H3. The molecule has 9 heteroatoms. The van der Waals surface area contributed by atoms with Gasteiger partial charge in [0, 0.05) is 18.0 Å². The number of allylic oxidation sites excluding steroid dienone is 2. The van der Waals surface area contributed by atoms with Crippen LogP contribution in [-0.4, -0.2) is 33.9 Å². The number of rotatable bonds is 8. The van der Waals surface area contributed by atoms with Crippen LogP contribution in [0.15, 0.2) is 65.3 Å². The first kappa shape index (κ1) is 23.9. The minimum Gasteiger partial charge on any atom is -0.330 e. The number of hydrogen-bond acceptors (Lipinski definition) is 4. The maximum Gasteiger partial charge on any atom is 0.472 e. The summed E-state index contributed by atoms with van der Waals surface area (Å²) in [5, 5.41) is 0.761. The predicted octanol–water partition coefficient (Wildman–Crippen LogP) is 5.67. The minimum atomic E-state index is -5.02. The Kier molecular flexibility index (Phi) is 7.63. The van der Waals surface area contributed by atoms with Crippen LogP contribution in [0, 0.1) is 0 Å². The van der Waals surface area contributed by atoms with Crippen molar-refractivity contribution < 1.29 is 18.0 Å². The number of halogens is 3. The number of aromatic nitrogens is 2. The van der Waals surface area contributed by atoms with Gasteiger partial charge in [0.05, 0.1) is 16.7 Å². The number of fused-ring (bicyclic) bond motifs is 1. The lowest BCUT2D eigenvalue weighted by molar-refractivity contribution is -0.169. The molecular formula is C23H25F3N4OS. The highest BCUT2D eigenvalue weighted by Gasteiger charge is 2.43. The second-order valence-electron chi connectivity index (χ2n) is 7.42. The smallest absolute Gasteiger partial charge is 0.330 e. The Balaban J connectivity index is 2.13. The summed E-state index contributed by atoms with van der Waals surface area (Å²) in [7, 11) is 0. The van der Waals surface area contributed by atoms with Crippen molar-refractivity contribution in [1.82, 2.24) is 9.55 Å². The van der Waals surface area contributed by atoms with Crippen molar-refractivity contribution in [3.05, 3.63) is 60.2 Å². The van der Waals surface area contributed by atoms with Crippen LogP contribution in [-0.2, 0) is 11.3 Å². The third-order valence-corrected chi connectivity index (χ3v) is 5.74. The van der Waals surface area contributed by atoms with E-state index in [0.29, 0.717) is 29.0 Å². The van der Waals surface area contributed by atoms with Gasteiger partial charge in [-0.05, 0) is 57.1 Å². The van der Waals surface area contributed by atoms with Crippen LogP contribution in [0.5, 0.6) is 0 Å². The van der Waals surface area contributed by atoms with Crippen LogP contribution in [0.3, 0.4) is 0 Å². The first-order chi connectivity index (χ1) is 15.2. The lowest BCUT2D eigenvalue weighted by Gasteiger charge is -2.24. The van der Waals surface area contributed by atoms with Gasteiger partial charge in [-0.1, -0.05) is 41.6 Å². The SMILES string of the molecule is CC(C)=CCn1c(SCCCN)nc2ccc(N(C(=O)C(F)(F)F)c3ccccc3)cc21. The zero-order chi connectivity index (χ0) is 23.3. The van der Waals surface area contributed by atoms with E-state index in [2.05, 4.69) is 4.98 Å². The quantitative estimate of drug-likeness (QED) is 0.266. The molecule has 3 rings (SSSR count). The molecule has 0 saturated carbocycles. The number of hydrogen-bond donors (Lipinski definition) is 1. The average Bonchev–Trinajstić information content (AvgIpc) is 3.09. The monoisotopic (exact) mass is 462 g/mol. The molecule has 1 aromatic heterocycles. The van der Waals surface area contributed by atoms with Gasteiger partial charge in [-0.2, -0.15) is 13.2 Å². The van der Waals surface area contributed by atoms with Crippen molar-refractivity contribution in [3.8, 4) is 0 Å². The summed E-state index contributed by atoms with van der Waals surface area (Å²) in [5.74, 6) is -1.17. The summed E-state index contributed by atoms with van der Waals surface area (Å²) in [4.78, 5) is 17.7. The van der Waals surface area contributed by atoms with Crippen molar-refractivity contribution >= 4 is 40.1 Å². The van der Waals surface area contributed by atoms with E-state index >= 15 is 0 Å². The summed E-state index contributed by atoms with van der Waals surface area (Å²) < 4.78 is 42.2. The van der Waals surface area contributed by atoms with E-state index in [4.69, 9.17) is 5.73 Å². The van der Waals surface area contributed by atoms with E-state index in [0.717, 1.165) is 22.9 Å². The van der Waals surface area contributed by atoms with E-state index in [-0.39, 0.29) is 11.4 Å². The Morgan fingerprint density at radius 1 is 1.16 bits per heavy atom. The number of imidazole rings is 1. The summed E-state index contributed by atoms with van der Waals surface area (Å²) in [6, 6.07) is 12.5. The van der Waals surface area contributed by atoms with Gasteiger partial charge in [0.1, 0.15) is 0 Å². The highest BCUT2D eigenvalue weighted by molar-refractivity contribution is 7.99. The number of para-hydroxylation sites is 1. The van der Waals surface area contributed by atoms with Gasteiger partial charge in [0.15, 0.2) is 5.16 Å². The fourth-order valence-electron chi connectivity index (χ4n) is 3.12. The van der Waals surface area contributed by atoms with Crippen molar-refractivity contribution in [2.24, 2.45) is 5.73 Å². The maximum absolute atomic E-state index is 13.4. The zero-order valence-corrected chi connectivity index (χ0v) is 18.7. The number of nitrogens with two attached hydrogens (primary N) is 1. The molecule has 2 aromatic carbocycles. The maximum atomic E-state index is 13.4. The Hall–Kier alpha value is -2.78. The van der Waals surface area contributed by atoms with Gasteiger partial charge in [-0.15, -0.1) is 0 Å². The molecule has 0 bridgehead atoms. The van der Waals surface area contributed by atoms with Gasteiger partial charge >= 0.3 is 12.1 Å². The molecule has 1 heterocycles. The Morgan fingerprint density at radius 3 is 2.50 bits per heavy atom. The van der Waals surface area contributed by atoms with Crippen LogP contribution < -0.4 is 10.6 Å². The third kappa shape index (κ3) is 5.52. The molecule has 0 aliphatic heterocycles. The molecule has 170 valence electrons. The van der Waals surface area contributed by atoms with Gasteiger partial charge in [-0.25, -0.2) is 4.98 Å². The number of alkyl halides is 3. The first-order valence-electron chi connectivity index (χ1n) is 10.1.